The van der Waals surface area contributed by atoms with Gasteiger partial charge in [-0.05, 0) is 13.8 Å². The molecule has 0 saturated carbocycles. The Kier molecular flexibility index (Phi) is 3.87. The van der Waals surface area contributed by atoms with Crippen molar-refractivity contribution in [2.24, 2.45) is 0 Å². The van der Waals surface area contributed by atoms with E-state index in [0.29, 0.717) is 11.5 Å². The van der Waals surface area contributed by atoms with Crippen LogP contribution in [-0.2, 0) is 8.85 Å². The normalized spacial score (nSPS) is 8.22. The number of rotatable bonds is 4. The highest BCUT2D eigenvalue weighted by atomic mass is 28.3. The molecule has 50 valence electrons. The zero-order chi connectivity index (χ0) is 7.28. The summed E-state index contributed by atoms with van der Waals surface area (Å²) in [5.41, 5.74) is 0. The molecule has 0 bridgehead atoms. The van der Waals surface area contributed by atoms with Crippen LogP contribution < -0.4 is 0 Å². The molecular weight excluding hydrogens is 132 g/mol. The van der Waals surface area contributed by atoms with Gasteiger partial charge in [-0.25, -0.2) is 0 Å². The molecule has 0 saturated heterocycles. The van der Waals surface area contributed by atoms with Crippen molar-refractivity contribution in [2.75, 3.05) is 0 Å². The molecule has 0 amide bonds. The van der Waals surface area contributed by atoms with Crippen molar-refractivity contribution >= 4 is 10.0 Å². The van der Waals surface area contributed by atoms with Crippen molar-refractivity contribution in [3.05, 3.63) is 24.7 Å². The molecule has 9 heavy (non-hydrogen) atoms. The van der Waals surface area contributed by atoms with E-state index in [9.17, 15) is 0 Å². The second-order valence-electron chi connectivity index (χ2n) is 1.69. The monoisotopic (exact) mass is 142 g/mol. The second kappa shape index (κ2) is 4.20. The van der Waals surface area contributed by atoms with Crippen LogP contribution in [0.1, 0.15) is 13.8 Å². The maximum atomic E-state index is 4.90. The molecule has 0 aromatic carbocycles. The number of hydrogen-bond acceptors (Lipinski definition) is 2. The van der Waals surface area contributed by atoms with E-state index in [2.05, 4.69) is 13.2 Å². The fourth-order valence-electron chi connectivity index (χ4n) is 0.163. The quantitative estimate of drug-likeness (QED) is 0.438. The van der Waals surface area contributed by atoms with Gasteiger partial charge in [-0.1, -0.05) is 13.2 Å². The molecule has 0 fully saturated rings. The van der Waals surface area contributed by atoms with Gasteiger partial charge in [0.1, 0.15) is 0 Å². The molecule has 0 N–H and O–H groups in total. The highest BCUT2D eigenvalue weighted by molar-refractivity contribution is 6.19. The van der Waals surface area contributed by atoms with Crippen LogP contribution in [0.4, 0.5) is 0 Å². The Morgan fingerprint density at radius 3 is 1.67 bits per heavy atom. The molecule has 0 atom stereocenters. The van der Waals surface area contributed by atoms with E-state index >= 15 is 0 Å². The molecule has 0 unspecified atom stereocenters. The van der Waals surface area contributed by atoms with E-state index in [1.54, 1.807) is 13.8 Å². The summed E-state index contributed by atoms with van der Waals surface area (Å²) in [4.78, 5) is 0. The first-order valence-corrected chi connectivity index (χ1v) is 3.34. The van der Waals surface area contributed by atoms with Gasteiger partial charge >= 0.3 is 10.0 Å². The highest BCUT2D eigenvalue weighted by Gasteiger charge is 1.93. The molecule has 0 aromatic rings. The van der Waals surface area contributed by atoms with Crippen LogP contribution in [0.2, 0.25) is 0 Å². The van der Waals surface area contributed by atoms with Gasteiger partial charge in [-0.2, -0.15) is 0 Å². The predicted octanol–water partition coefficient (Wildman–Crippen LogP) is 1.62. The van der Waals surface area contributed by atoms with Crippen molar-refractivity contribution in [1.29, 1.82) is 0 Å². The third kappa shape index (κ3) is 7.30. The lowest BCUT2D eigenvalue weighted by Crippen LogP contribution is -1.99. The van der Waals surface area contributed by atoms with Crippen LogP contribution >= 0.6 is 0 Å². The first kappa shape index (κ1) is 8.30. The molecule has 0 aliphatic heterocycles. The van der Waals surface area contributed by atoms with E-state index in [0.717, 1.165) is 0 Å². The molecule has 0 rings (SSSR count). The maximum absolute atomic E-state index is 4.90. The average Bonchev–Trinajstić information content (AvgIpc) is 1.63. The number of hydrogen-bond donors (Lipinski definition) is 0. The predicted molar refractivity (Wildman–Crippen MR) is 37.6 cm³/mol. The van der Waals surface area contributed by atoms with Gasteiger partial charge in [-0.15, -0.1) is 0 Å². The Labute approximate surface area is 58.2 Å². The van der Waals surface area contributed by atoms with Crippen LogP contribution in [-0.4, -0.2) is 10.0 Å². The van der Waals surface area contributed by atoms with Crippen LogP contribution in [0.5, 0.6) is 0 Å². The Morgan fingerprint density at radius 1 is 1.11 bits per heavy atom. The zero-order valence-electron chi connectivity index (χ0n) is 5.73. The third-order valence-corrected chi connectivity index (χ3v) is 1.30. The zero-order valence-corrected chi connectivity index (χ0v) is 6.73. The minimum absolute atomic E-state index is 0.00617. The van der Waals surface area contributed by atoms with Gasteiger partial charge in [0, 0.05) is 0 Å². The van der Waals surface area contributed by atoms with Crippen LogP contribution in [0.15, 0.2) is 24.7 Å². The molecule has 0 heterocycles. The molecule has 0 spiro atoms. The second-order valence-corrected chi connectivity index (χ2v) is 2.27. The Morgan fingerprint density at radius 2 is 1.44 bits per heavy atom. The lowest BCUT2D eigenvalue weighted by molar-refractivity contribution is 0.328. The van der Waals surface area contributed by atoms with E-state index in [-0.39, 0.29) is 10.0 Å². The first-order chi connectivity index (χ1) is 4.13. The van der Waals surface area contributed by atoms with Crippen LogP contribution in [0.3, 0.4) is 0 Å². The maximum Gasteiger partial charge on any atom is 0.609 e. The first-order valence-electron chi connectivity index (χ1n) is 2.52. The largest absolute Gasteiger partial charge is 0.609 e. The lowest BCUT2D eigenvalue weighted by Gasteiger charge is -2.02. The minimum atomic E-state index is -0.00617. The van der Waals surface area contributed by atoms with E-state index in [4.69, 9.17) is 8.85 Å². The molecule has 0 aliphatic carbocycles. The minimum Gasteiger partial charge on any atom is -0.513 e. The summed E-state index contributed by atoms with van der Waals surface area (Å²) in [5, 5.41) is 0. The van der Waals surface area contributed by atoms with E-state index in [1.165, 1.54) is 0 Å². The van der Waals surface area contributed by atoms with Crippen molar-refractivity contribution in [1.82, 2.24) is 0 Å². The van der Waals surface area contributed by atoms with Gasteiger partial charge in [0.2, 0.25) is 0 Å². The fourth-order valence-corrected chi connectivity index (χ4v) is 0.489. The Hall–Kier alpha value is -0.703. The molecule has 2 nitrogen and oxygen atoms in total. The van der Waals surface area contributed by atoms with Crippen LogP contribution in [0, 0.1) is 0 Å². The molecule has 0 aliphatic rings. The number of allylic oxidation sites excluding steroid dienone is 2. The van der Waals surface area contributed by atoms with Gasteiger partial charge in [-0.3, -0.25) is 0 Å². The van der Waals surface area contributed by atoms with Gasteiger partial charge in [0.25, 0.3) is 0 Å². The summed E-state index contributed by atoms with van der Waals surface area (Å²) in [7, 11) is -0.00617. The summed E-state index contributed by atoms with van der Waals surface area (Å²) >= 11 is 0. The van der Waals surface area contributed by atoms with Crippen molar-refractivity contribution in [2.45, 2.75) is 13.8 Å². The van der Waals surface area contributed by atoms with Crippen LogP contribution in [0.25, 0.3) is 0 Å². The molecule has 3 heteroatoms. The van der Waals surface area contributed by atoms with Crippen molar-refractivity contribution < 1.29 is 8.85 Å². The molecule has 2 radical (unpaired) electrons. The van der Waals surface area contributed by atoms with Gasteiger partial charge < -0.3 is 8.85 Å². The summed E-state index contributed by atoms with van der Waals surface area (Å²) in [5.74, 6) is 1.32. The summed E-state index contributed by atoms with van der Waals surface area (Å²) in [6.07, 6.45) is 0. The van der Waals surface area contributed by atoms with E-state index < -0.39 is 0 Å². The lowest BCUT2D eigenvalue weighted by atomic mass is 10.7. The Balaban J connectivity index is 3.10. The molecule has 0 aromatic heterocycles. The van der Waals surface area contributed by atoms with Gasteiger partial charge in [0.15, 0.2) is 0 Å². The van der Waals surface area contributed by atoms with E-state index in [1.807, 2.05) is 0 Å². The van der Waals surface area contributed by atoms with Crippen molar-refractivity contribution in [3.63, 3.8) is 0 Å². The fraction of sp³-hybridized carbons (Fsp3) is 0.333. The average molecular weight is 142 g/mol. The SMILES string of the molecule is C=C(C)O[Si]OC(=C)C. The van der Waals surface area contributed by atoms with Gasteiger partial charge in [0.05, 0.1) is 11.5 Å². The standard InChI is InChI=1S/C6H10O2Si/c1-5(2)7-9-8-6(3)4/h1,3H2,2,4H3. The highest BCUT2D eigenvalue weighted by Crippen LogP contribution is 1.92. The third-order valence-electron chi connectivity index (χ3n) is 0.432. The smallest absolute Gasteiger partial charge is 0.513 e. The van der Waals surface area contributed by atoms with Crippen molar-refractivity contribution in [3.8, 4) is 0 Å². The topological polar surface area (TPSA) is 18.5 Å². The summed E-state index contributed by atoms with van der Waals surface area (Å²) in [6, 6.07) is 0. The summed E-state index contributed by atoms with van der Waals surface area (Å²) < 4.78 is 9.81. The summed E-state index contributed by atoms with van der Waals surface area (Å²) in [6.45, 7) is 10.6. The Bertz CT molecular complexity index is 106. The molecular formula is C6H10O2Si.